The number of ether oxygens (including phenoxy) is 1. The van der Waals surface area contributed by atoms with Crippen molar-refractivity contribution < 1.29 is 19.7 Å². The Labute approximate surface area is 166 Å². The third-order valence-corrected chi connectivity index (χ3v) is 5.84. The Kier molecular flexibility index (Phi) is 7.29. The molecule has 1 amide bonds. The van der Waals surface area contributed by atoms with Gasteiger partial charge in [-0.2, -0.15) is 0 Å². The van der Waals surface area contributed by atoms with Crippen LogP contribution in [0.5, 0.6) is 5.75 Å². The molecule has 1 saturated carbocycles. The zero-order valence-corrected chi connectivity index (χ0v) is 16.2. The van der Waals surface area contributed by atoms with E-state index in [0.717, 1.165) is 37.9 Å². The van der Waals surface area contributed by atoms with Gasteiger partial charge in [-0.3, -0.25) is 4.79 Å². The molecule has 0 aliphatic heterocycles. The molecule has 0 unspecified atom stereocenters. The van der Waals surface area contributed by atoms with Crippen LogP contribution in [0.2, 0.25) is 0 Å². The van der Waals surface area contributed by atoms with Crippen LogP contribution in [0.1, 0.15) is 38.5 Å². The number of carbonyl (C=O) groups is 1. The van der Waals surface area contributed by atoms with Crippen molar-refractivity contribution in [3.63, 3.8) is 0 Å². The molecule has 1 aromatic rings. The lowest BCUT2D eigenvalue weighted by Gasteiger charge is -2.19. The summed E-state index contributed by atoms with van der Waals surface area (Å²) in [6, 6.07) is 9.42. The smallest absolute Gasteiger partial charge is 0.217 e. The minimum Gasteiger partial charge on any atom is -0.491 e. The number of aliphatic hydroxyl groups is 2. The monoisotopic (exact) mass is 385 g/mol. The van der Waals surface area contributed by atoms with Gasteiger partial charge >= 0.3 is 0 Å². The van der Waals surface area contributed by atoms with Gasteiger partial charge in [-0.1, -0.05) is 42.0 Å². The third-order valence-electron chi connectivity index (χ3n) is 5.84. The number of carbonyl (C=O) groups excluding carboxylic acids is 1. The number of hydrogen-bond acceptors (Lipinski definition) is 4. The molecule has 4 N–H and O–H groups in total. The van der Waals surface area contributed by atoms with Gasteiger partial charge in [-0.15, -0.1) is 0 Å². The van der Waals surface area contributed by atoms with Crippen molar-refractivity contribution in [3.05, 3.63) is 54.1 Å². The standard InChI is InChI=1S/C23H31NO4/c24-23(27)9-5-4-6-16-12-17-14-22(26)20(21(17)13-16)11-10-18(25)15-28-19-7-2-1-3-8-19/h1-3,7-8,10-12,17-18,20-22,25-26H,4-6,9,13-15H2,(H2,24,27)/b11-10+/t17-,18+,20+,21-,22+/m0/s1. The Balaban J connectivity index is 1.45. The second kappa shape index (κ2) is 9.89. The molecular formula is C23H31NO4. The third kappa shape index (κ3) is 5.69. The van der Waals surface area contributed by atoms with Crippen molar-refractivity contribution in [3.8, 4) is 5.75 Å². The number of rotatable bonds is 10. The molecule has 1 fully saturated rings. The van der Waals surface area contributed by atoms with E-state index in [1.54, 1.807) is 6.08 Å². The fourth-order valence-electron chi connectivity index (χ4n) is 4.45. The number of allylic oxidation sites excluding steroid dienone is 2. The van der Waals surface area contributed by atoms with Gasteiger partial charge in [-0.05, 0) is 56.1 Å². The molecule has 5 nitrogen and oxygen atoms in total. The molecule has 0 saturated heterocycles. The Hall–Kier alpha value is -2.11. The number of hydrogen-bond donors (Lipinski definition) is 3. The molecule has 0 radical (unpaired) electrons. The molecule has 1 aromatic carbocycles. The molecule has 0 bridgehead atoms. The number of amides is 1. The average molecular weight is 386 g/mol. The van der Waals surface area contributed by atoms with E-state index in [9.17, 15) is 15.0 Å². The summed E-state index contributed by atoms with van der Waals surface area (Å²) in [7, 11) is 0. The number of aliphatic hydroxyl groups excluding tert-OH is 2. The van der Waals surface area contributed by atoms with Crippen LogP contribution in [-0.4, -0.2) is 34.9 Å². The Morgan fingerprint density at radius 3 is 2.82 bits per heavy atom. The number of primary amides is 1. The highest BCUT2D eigenvalue weighted by atomic mass is 16.5. The van der Waals surface area contributed by atoms with Gasteiger partial charge in [0.05, 0.1) is 6.10 Å². The van der Waals surface area contributed by atoms with E-state index in [1.807, 2.05) is 36.4 Å². The molecule has 2 aliphatic rings. The van der Waals surface area contributed by atoms with Crippen LogP contribution >= 0.6 is 0 Å². The number of benzene rings is 1. The second-order valence-corrected chi connectivity index (χ2v) is 7.99. The lowest BCUT2D eigenvalue weighted by atomic mass is 9.88. The van der Waals surface area contributed by atoms with Crippen molar-refractivity contribution in [1.29, 1.82) is 0 Å². The van der Waals surface area contributed by atoms with E-state index in [1.165, 1.54) is 5.57 Å². The first-order chi connectivity index (χ1) is 13.5. The maximum Gasteiger partial charge on any atom is 0.217 e. The van der Waals surface area contributed by atoms with Crippen LogP contribution in [0.4, 0.5) is 0 Å². The highest BCUT2D eigenvalue weighted by Crippen LogP contribution is 2.48. The summed E-state index contributed by atoms with van der Waals surface area (Å²) in [6.07, 6.45) is 10.0. The first-order valence-corrected chi connectivity index (χ1v) is 10.2. The molecule has 0 heterocycles. The van der Waals surface area contributed by atoms with Crippen molar-refractivity contribution in [1.82, 2.24) is 0 Å². The highest BCUT2D eigenvalue weighted by molar-refractivity contribution is 5.73. The first-order valence-electron chi connectivity index (χ1n) is 10.2. The van der Waals surface area contributed by atoms with Gasteiger partial charge in [0.2, 0.25) is 5.91 Å². The van der Waals surface area contributed by atoms with Crippen LogP contribution < -0.4 is 10.5 Å². The summed E-state index contributed by atoms with van der Waals surface area (Å²) in [5.41, 5.74) is 6.62. The maximum atomic E-state index is 10.8. The molecule has 5 atom stereocenters. The zero-order chi connectivity index (χ0) is 19.9. The van der Waals surface area contributed by atoms with Gasteiger partial charge in [0.25, 0.3) is 0 Å². The van der Waals surface area contributed by atoms with Crippen LogP contribution in [0.25, 0.3) is 0 Å². The van der Waals surface area contributed by atoms with Crippen molar-refractivity contribution in [2.24, 2.45) is 23.5 Å². The molecule has 2 aliphatic carbocycles. The van der Waals surface area contributed by atoms with Crippen molar-refractivity contribution >= 4 is 5.91 Å². The second-order valence-electron chi connectivity index (χ2n) is 7.99. The number of para-hydroxylation sites is 1. The van der Waals surface area contributed by atoms with Crippen LogP contribution in [0.15, 0.2) is 54.1 Å². The predicted octanol–water partition coefficient (Wildman–Crippen LogP) is 2.97. The maximum absolute atomic E-state index is 10.8. The van der Waals surface area contributed by atoms with Crippen LogP contribution in [-0.2, 0) is 4.79 Å². The Bertz CT molecular complexity index is 700. The fourth-order valence-corrected chi connectivity index (χ4v) is 4.45. The van der Waals surface area contributed by atoms with Crippen molar-refractivity contribution in [2.45, 2.75) is 50.7 Å². The van der Waals surface area contributed by atoms with Gasteiger partial charge < -0.3 is 20.7 Å². The molecule has 3 rings (SSSR count). The van der Waals surface area contributed by atoms with Crippen molar-refractivity contribution in [2.75, 3.05) is 6.61 Å². The van der Waals surface area contributed by atoms with Gasteiger partial charge in [0, 0.05) is 12.3 Å². The first kappa shape index (κ1) is 20.6. The summed E-state index contributed by atoms with van der Waals surface area (Å²) < 4.78 is 5.58. The minimum absolute atomic E-state index is 0.0655. The minimum atomic E-state index is -0.700. The number of nitrogens with two attached hydrogens (primary N) is 1. The quantitative estimate of drug-likeness (QED) is 0.426. The normalized spacial score (nSPS) is 27.6. The fraction of sp³-hybridized carbons (Fsp3) is 0.522. The van der Waals surface area contributed by atoms with Gasteiger partial charge in [-0.25, -0.2) is 0 Å². The topological polar surface area (TPSA) is 92.8 Å². The molecule has 152 valence electrons. The number of fused-ring (bicyclic) bond motifs is 1. The Morgan fingerprint density at radius 1 is 1.29 bits per heavy atom. The molecular weight excluding hydrogens is 354 g/mol. The van der Waals surface area contributed by atoms with E-state index in [2.05, 4.69) is 6.08 Å². The summed E-state index contributed by atoms with van der Waals surface area (Å²) in [5.74, 6) is 1.38. The SMILES string of the molecule is NC(=O)CCCCC1=C[C@H]2C[C@@H](O)[C@H](/C=C/[C@@H](O)COc3ccccc3)[C@H]2C1. The Morgan fingerprint density at radius 2 is 2.07 bits per heavy atom. The van der Waals surface area contributed by atoms with E-state index in [-0.39, 0.29) is 24.5 Å². The molecule has 0 aromatic heterocycles. The summed E-state index contributed by atoms with van der Waals surface area (Å²) in [5, 5.41) is 20.6. The summed E-state index contributed by atoms with van der Waals surface area (Å²) >= 11 is 0. The van der Waals surface area contributed by atoms with E-state index in [4.69, 9.17) is 10.5 Å². The molecule has 28 heavy (non-hydrogen) atoms. The van der Waals surface area contributed by atoms with Crippen LogP contribution in [0, 0.1) is 17.8 Å². The molecule has 0 spiro atoms. The number of unbranched alkanes of at least 4 members (excludes halogenated alkanes) is 1. The summed E-state index contributed by atoms with van der Waals surface area (Å²) in [4.78, 5) is 10.8. The zero-order valence-electron chi connectivity index (χ0n) is 16.2. The summed E-state index contributed by atoms with van der Waals surface area (Å²) in [6.45, 7) is 0.195. The van der Waals surface area contributed by atoms with E-state index >= 15 is 0 Å². The van der Waals surface area contributed by atoms with Gasteiger partial charge in [0.1, 0.15) is 18.5 Å². The lowest BCUT2D eigenvalue weighted by Crippen LogP contribution is -2.19. The molecule has 5 heteroatoms. The predicted molar refractivity (Wildman–Crippen MR) is 109 cm³/mol. The van der Waals surface area contributed by atoms with E-state index in [0.29, 0.717) is 18.3 Å². The highest BCUT2D eigenvalue weighted by Gasteiger charge is 2.43. The lowest BCUT2D eigenvalue weighted by molar-refractivity contribution is -0.118. The van der Waals surface area contributed by atoms with Gasteiger partial charge in [0.15, 0.2) is 0 Å². The average Bonchev–Trinajstić information content (AvgIpc) is 3.19. The van der Waals surface area contributed by atoms with Crippen LogP contribution in [0.3, 0.4) is 0 Å². The largest absolute Gasteiger partial charge is 0.491 e. The van der Waals surface area contributed by atoms with E-state index < -0.39 is 6.10 Å².